The number of nitrogens with zero attached hydrogens (tertiary/aromatic N) is 2. The standard InChI is InChI=1S/C23H18ClF5IN3O3/c24-12-5-13(25)11(4-14(12)26)20(10-8-36-9-10)32-21(34)17-6-15-18(7-30-15)33(17)22(35)16-2-1-3-19(31-16)23(27,28)29/h1-5,7,10,15,17-18,20H,6,8-9H2,(H,32,34)/t15-,17-,18-,20-/m1/s1. The second-order valence-electron chi connectivity index (χ2n) is 8.70. The number of hydrogen-bond acceptors (Lipinski definition) is 4. The second-order valence-corrected chi connectivity index (χ2v) is 12.1. The summed E-state index contributed by atoms with van der Waals surface area (Å²) < 4.78 is 75.5. The molecule has 0 radical (unpaired) electrons. The topological polar surface area (TPSA) is 71.5 Å². The highest BCUT2D eigenvalue weighted by Crippen LogP contribution is 2.41. The number of alkyl halides is 4. The van der Waals surface area contributed by atoms with Gasteiger partial charge in [-0.05, 0) is 34.7 Å². The Labute approximate surface area is 216 Å². The third kappa shape index (κ3) is 4.62. The Kier molecular flexibility index (Phi) is 6.79. The number of halogens is 7. The number of fused-ring (bicyclic) bond motifs is 1. The van der Waals surface area contributed by atoms with E-state index >= 15 is 0 Å². The maximum atomic E-state index is 14.7. The van der Waals surface area contributed by atoms with Crippen LogP contribution in [0.15, 0.2) is 30.3 Å². The zero-order valence-corrected chi connectivity index (χ0v) is 21.2. The van der Waals surface area contributed by atoms with Crippen LogP contribution in [0.2, 0.25) is 5.02 Å². The Morgan fingerprint density at radius 3 is 2.56 bits per heavy atom. The average Bonchev–Trinajstić information content (AvgIpc) is 3.03. The van der Waals surface area contributed by atoms with Gasteiger partial charge in [0.15, 0.2) is 0 Å². The number of pyridine rings is 1. The fourth-order valence-electron chi connectivity index (χ4n) is 4.48. The molecular weight excluding hydrogens is 624 g/mol. The molecule has 5 rings (SSSR count). The molecule has 2 fully saturated rings. The number of amides is 2. The summed E-state index contributed by atoms with van der Waals surface area (Å²) in [7, 11) is 0. The first-order valence-electron chi connectivity index (χ1n) is 10.9. The van der Waals surface area contributed by atoms with Crippen LogP contribution >= 0.6 is 32.3 Å². The lowest BCUT2D eigenvalue weighted by molar-refractivity contribution is -0.141. The number of carbonyl (C=O) groups is 2. The first-order valence-corrected chi connectivity index (χ1v) is 13.8. The Morgan fingerprint density at radius 1 is 1.19 bits per heavy atom. The lowest BCUT2D eigenvalue weighted by Gasteiger charge is -2.36. The zero-order valence-electron chi connectivity index (χ0n) is 18.2. The van der Waals surface area contributed by atoms with E-state index < -0.39 is 58.1 Å². The minimum atomic E-state index is -4.73. The summed E-state index contributed by atoms with van der Waals surface area (Å²) in [5.74, 6) is -3.38. The largest absolute Gasteiger partial charge is 0.433 e. The average molecular weight is 642 g/mol. The monoisotopic (exact) mass is 641 g/mol. The van der Waals surface area contributed by atoms with Crippen LogP contribution in [0.1, 0.15) is 34.2 Å². The fraction of sp³-hybridized carbons (Fsp3) is 0.391. The smallest absolute Gasteiger partial charge is 0.381 e. The summed E-state index contributed by atoms with van der Waals surface area (Å²) >= 11 is 5.29. The minimum absolute atomic E-state index is 0.0736. The molecule has 1 aromatic heterocycles. The number of carbonyl (C=O) groups excluding carboxylic acids is 2. The quantitative estimate of drug-likeness (QED) is 0.229. The number of benzene rings is 1. The van der Waals surface area contributed by atoms with Crippen molar-refractivity contribution in [2.75, 3.05) is 13.2 Å². The third-order valence-corrected chi connectivity index (χ3v) is 10.1. The number of rotatable bonds is 5. The van der Waals surface area contributed by atoms with E-state index in [-0.39, 0.29) is 55.4 Å². The van der Waals surface area contributed by atoms with E-state index in [1.54, 1.807) is 0 Å². The molecule has 2 saturated heterocycles. The second kappa shape index (κ2) is 9.60. The first kappa shape index (κ1) is 25.5. The number of hydrogen-bond donors (Lipinski definition) is 1. The van der Waals surface area contributed by atoms with Crippen LogP contribution in [-0.2, 0) is 15.7 Å². The fourth-order valence-corrected chi connectivity index (χ4v) is 7.47. The van der Waals surface area contributed by atoms with Gasteiger partial charge in [0.2, 0.25) is 5.91 Å². The molecule has 13 heteroatoms. The van der Waals surface area contributed by atoms with Crippen LogP contribution in [0.4, 0.5) is 22.0 Å². The molecule has 0 unspecified atom stereocenters. The molecule has 2 amide bonds. The highest BCUT2D eigenvalue weighted by atomic mass is 127. The van der Waals surface area contributed by atoms with Crippen LogP contribution in [0, 0.1) is 17.6 Å². The molecule has 0 saturated carbocycles. The van der Waals surface area contributed by atoms with Gasteiger partial charge in [-0.25, -0.2) is 13.8 Å². The van der Waals surface area contributed by atoms with Crippen LogP contribution < -0.4 is 5.32 Å². The SMILES string of the molecule is O=C(N[C@@H](c1cc(F)c(Cl)cc1F)C1COC1)[C@H]1C[C@H]2I=C[C@H]2N1C(=O)c1cccc(C(F)(F)F)n1. The first-order chi connectivity index (χ1) is 17.0. The normalized spacial score (nSPS) is 24.3. The summed E-state index contributed by atoms with van der Waals surface area (Å²) in [5.41, 5.74) is -1.73. The maximum absolute atomic E-state index is 14.7. The Morgan fingerprint density at radius 2 is 1.94 bits per heavy atom. The summed E-state index contributed by atoms with van der Waals surface area (Å²) in [6.07, 6.45) is -4.40. The van der Waals surface area contributed by atoms with Gasteiger partial charge in [-0.2, -0.15) is 13.2 Å². The van der Waals surface area contributed by atoms with E-state index in [2.05, 4.69) is 10.3 Å². The van der Waals surface area contributed by atoms with Crippen LogP contribution in [0.3, 0.4) is 0 Å². The molecule has 192 valence electrons. The molecule has 2 aromatic rings. The molecule has 3 aliphatic rings. The van der Waals surface area contributed by atoms with Gasteiger partial charge in [-0.3, -0.25) is 9.59 Å². The van der Waals surface area contributed by atoms with Gasteiger partial charge in [0.1, 0.15) is 29.1 Å². The molecule has 1 N–H and O–H groups in total. The summed E-state index contributed by atoms with van der Waals surface area (Å²) in [5, 5.41) is 2.34. The van der Waals surface area contributed by atoms with Gasteiger partial charge in [-0.1, -0.05) is 17.7 Å². The van der Waals surface area contributed by atoms with Gasteiger partial charge in [-0.15, -0.1) is 20.7 Å². The van der Waals surface area contributed by atoms with Gasteiger partial charge in [0.05, 0.1) is 30.3 Å². The third-order valence-electron chi connectivity index (χ3n) is 6.44. The summed E-state index contributed by atoms with van der Waals surface area (Å²) in [6, 6.07) is 2.46. The van der Waals surface area contributed by atoms with Crippen molar-refractivity contribution >= 4 is 48.2 Å². The highest BCUT2D eigenvalue weighted by molar-refractivity contribution is 14.2. The van der Waals surface area contributed by atoms with Crippen molar-refractivity contribution in [3.05, 3.63) is 63.9 Å². The Bertz CT molecular complexity index is 1260. The molecule has 3 aliphatic heterocycles. The maximum Gasteiger partial charge on any atom is 0.433 e. The lowest BCUT2D eigenvalue weighted by atomic mass is 9.90. The van der Waals surface area contributed by atoms with Crippen molar-refractivity contribution in [1.82, 2.24) is 15.2 Å². The molecular formula is C23H18ClF5IN3O3. The molecule has 0 bridgehead atoms. The zero-order chi connectivity index (χ0) is 25.8. The molecule has 6 nitrogen and oxygen atoms in total. The number of likely N-dealkylation sites (tertiary alicyclic amines) is 1. The van der Waals surface area contributed by atoms with Gasteiger partial charge in [0.25, 0.3) is 5.91 Å². The summed E-state index contributed by atoms with van der Waals surface area (Å²) in [6.45, 7) is 0.418. The van der Waals surface area contributed by atoms with E-state index in [4.69, 9.17) is 16.3 Å². The molecule has 4 heterocycles. The number of ether oxygens (including phenoxy) is 1. The minimum Gasteiger partial charge on any atom is -0.381 e. The molecule has 0 aliphatic carbocycles. The van der Waals surface area contributed by atoms with E-state index in [0.29, 0.717) is 6.42 Å². The predicted octanol–water partition coefficient (Wildman–Crippen LogP) is 4.27. The van der Waals surface area contributed by atoms with Gasteiger partial charge in [0, 0.05) is 15.4 Å². The van der Waals surface area contributed by atoms with Crippen molar-refractivity contribution in [2.45, 2.75) is 34.6 Å². The van der Waals surface area contributed by atoms with Crippen LogP contribution in [-0.4, -0.2) is 54.9 Å². The number of nitrogens with one attached hydrogen (secondary N) is 1. The Balaban J connectivity index is 1.42. The van der Waals surface area contributed by atoms with Crippen molar-refractivity contribution < 1.29 is 36.3 Å². The number of aromatic nitrogens is 1. The molecule has 0 spiro atoms. The molecule has 36 heavy (non-hydrogen) atoms. The van der Waals surface area contributed by atoms with Crippen molar-refractivity contribution in [2.24, 2.45) is 5.92 Å². The van der Waals surface area contributed by atoms with Crippen molar-refractivity contribution in [1.29, 1.82) is 0 Å². The van der Waals surface area contributed by atoms with Crippen molar-refractivity contribution in [3.63, 3.8) is 0 Å². The molecule has 1 aromatic carbocycles. The summed E-state index contributed by atoms with van der Waals surface area (Å²) in [4.78, 5) is 31.5. The van der Waals surface area contributed by atoms with Gasteiger partial charge >= 0.3 is 6.18 Å². The molecule has 4 atom stereocenters. The van der Waals surface area contributed by atoms with E-state index in [0.717, 1.165) is 24.3 Å². The Hall–Kier alpha value is -2.19. The van der Waals surface area contributed by atoms with Crippen LogP contribution in [0.5, 0.6) is 0 Å². The van der Waals surface area contributed by atoms with E-state index in [1.807, 2.05) is 4.01 Å². The van der Waals surface area contributed by atoms with E-state index in [1.165, 1.54) is 11.0 Å². The highest BCUT2D eigenvalue weighted by Gasteiger charge is 2.50. The lowest BCUT2D eigenvalue weighted by Crippen LogP contribution is -2.53. The predicted molar refractivity (Wildman–Crippen MR) is 128 cm³/mol. The van der Waals surface area contributed by atoms with Gasteiger partial charge < -0.3 is 15.0 Å². The van der Waals surface area contributed by atoms with E-state index in [9.17, 15) is 31.5 Å². The van der Waals surface area contributed by atoms with Crippen LogP contribution in [0.25, 0.3) is 0 Å². The van der Waals surface area contributed by atoms with Crippen molar-refractivity contribution in [3.8, 4) is 0 Å².